The number of fused-ring (bicyclic) bond motifs is 1. The van der Waals surface area contributed by atoms with Crippen LogP contribution in [0.15, 0.2) is 23.1 Å². The highest BCUT2D eigenvalue weighted by Gasteiger charge is 2.08. The minimum Gasteiger partial charge on any atom is -0.478 e. The molecule has 6 heteroatoms. The molecule has 5 nitrogen and oxygen atoms in total. The summed E-state index contributed by atoms with van der Waals surface area (Å²) in [5, 5.41) is 12.6. The second-order valence-corrected chi connectivity index (χ2v) is 3.26. The lowest BCUT2D eigenvalue weighted by atomic mass is 10.3. The molecule has 2 heterocycles. The van der Waals surface area contributed by atoms with Gasteiger partial charge < -0.3 is 5.11 Å². The van der Waals surface area contributed by atoms with E-state index in [2.05, 4.69) is 26.0 Å². The van der Waals surface area contributed by atoms with Crippen LogP contribution in [-0.2, 0) is 0 Å². The SMILES string of the molecule is O=C(O)c1cc(Br)c2ncnn2c1. The minimum absolute atomic E-state index is 0.171. The Morgan fingerprint density at radius 3 is 3.08 bits per heavy atom. The van der Waals surface area contributed by atoms with Gasteiger partial charge in [0, 0.05) is 6.20 Å². The summed E-state index contributed by atoms with van der Waals surface area (Å²) >= 11 is 3.21. The van der Waals surface area contributed by atoms with Crippen LogP contribution in [0, 0.1) is 0 Å². The molecule has 0 amide bonds. The summed E-state index contributed by atoms with van der Waals surface area (Å²) in [5.41, 5.74) is 0.773. The van der Waals surface area contributed by atoms with E-state index in [9.17, 15) is 4.79 Å². The van der Waals surface area contributed by atoms with E-state index in [-0.39, 0.29) is 5.56 Å². The molecule has 13 heavy (non-hydrogen) atoms. The number of halogens is 1. The van der Waals surface area contributed by atoms with E-state index in [0.29, 0.717) is 10.1 Å². The summed E-state index contributed by atoms with van der Waals surface area (Å²) in [4.78, 5) is 14.6. The molecule has 0 atom stereocenters. The van der Waals surface area contributed by atoms with E-state index in [1.165, 1.54) is 23.1 Å². The Hall–Kier alpha value is -1.43. The van der Waals surface area contributed by atoms with Crippen LogP contribution in [0.5, 0.6) is 0 Å². The maximum Gasteiger partial charge on any atom is 0.337 e. The average molecular weight is 242 g/mol. The van der Waals surface area contributed by atoms with Gasteiger partial charge in [-0.25, -0.2) is 14.3 Å². The predicted octanol–water partition coefficient (Wildman–Crippen LogP) is 1.19. The first-order valence-corrected chi connectivity index (χ1v) is 4.20. The fraction of sp³-hybridized carbons (Fsp3) is 0. The van der Waals surface area contributed by atoms with Crippen LogP contribution in [0.1, 0.15) is 10.4 Å². The summed E-state index contributed by atoms with van der Waals surface area (Å²) in [6.45, 7) is 0. The van der Waals surface area contributed by atoms with Gasteiger partial charge in [0.05, 0.1) is 10.0 Å². The van der Waals surface area contributed by atoms with Crippen LogP contribution in [-0.4, -0.2) is 25.7 Å². The standard InChI is InChI=1S/C7H4BrN3O2/c8-5-1-4(7(12)13)2-11-6(5)9-3-10-11/h1-3H,(H,12,13). The number of aromatic carboxylic acids is 1. The number of aromatic nitrogens is 3. The summed E-state index contributed by atoms with van der Waals surface area (Å²) in [6, 6.07) is 1.49. The van der Waals surface area contributed by atoms with Crippen molar-refractivity contribution < 1.29 is 9.90 Å². The van der Waals surface area contributed by atoms with E-state index in [1.54, 1.807) is 0 Å². The number of carboxylic acid groups (broad SMARTS) is 1. The van der Waals surface area contributed by atoms with Gasteiger partial charge in [0.2, 0.25) is 0 Å². The molecule has 0 aliphatic heterocycles. The molecule has 0 aromatic carbocycles. The molecule has 0 fully saturated rings. The molecule has 1 N–H and O–H groups in total. The first-order chi connectivity index (χ1) is 6.18. The Labute approximate surface area is 81.1 Å². The molecule has 66 valence electrons. The molecular formula is C7H4BrN3O2. The van der Waals surface area contributed by atoms with Crippen LogP contribution < -0.4 is 0 Å². The first kappa shape index (κ1) is 8.18. The third-order valence-corrected chi connectivity index (χ3v) is 2.16. The lowest BCUT2D eigenvalue weighted by Gasteiger charge is -1.97. The van der Waals surface area contributed by atoms with Crippen molar-refractivity contribution in [3.05, 3.63) is 28.6 Å². The normalized spacial score (nSPS) is 10.5. The van der Waals surface area contributed by atoms with Crippen LogP contribution in [0.25, 0.3) is 5.65 Å². The van der Waals surface area contributed by atoms with Crippen LogP contribution >= 0.6 is 15.9 Å². The Balaban J connectivity index is 2.77. The molecule has 0 aliphatic carbocycles. The molecule has 0 aliphatic rings. The number of rotatable bonds is 1. The quantitative estimate of drug-likeness (QED) is 0.815. The second-order valence-electron chi connectivity index (χ2n) is 2.41. The Kier molecular flexibility index (Phi) is 1.77. The minimum atomic E-state index is -0.988. The number of hydrogen-bond donors (Lipinski definition) is 1. The van der Waals surface area contributed by atoms with Gasteiger partial charge in [0.1, 0.15) is 6.33 Å². The van der Waals surface area contributed by atoms with Crippen molar-refractivity contribution in [3.8, 4) is 0 Å². The lowest BCUT2D eigenvalue weighted by Crippen LogP contribution is -2.00. The number of hydrogen-bond acceptors (Lipinski definition) is 3. The van der Waals surface area contributed by atoms with Gasteiger partial charge in [0.15, 0.2) is 5.65 Å². The van der Waals surface area contributed by atoms with Gasteiger partial charge in [0.25, 0.3) is 0 Å². The van der Waals surface area contributed by atoms with Crippen molar-refractivity contribution in [3.63, 3.8) is 0 Å². The Morgan fingerprint density at radius 1 is 1.62 bits per heavy atom. The zero-order chi connectivity index (χ0) is 9.42. The smallest absolute Gasteiger partial charge is 0.337 e. The van der Waals surface area contributed by atoms with Crippen molar-refractivity contribution in [2.75, 3.05) is 0 Å². The van der Waals surface area contributed by atoms with Gasteiger partial charge in [-0.3, -0.25) is 0 Å². The first-order valence-electron chi connectivity index (χ1n) is 3.40. The van der Waals surface area contributed by atoms with Gasteiger partial charge in [-0.1, -0.05) is 0 Å². The van der Waals surface area contributed by atoms with E-state index in [1.807, 2.05) is 0 Å². The molecule has 0 bridgehead atoms. The summed E-state index contributed by atoms with van der Waals surface area (Å²) < 4.78 is 2.03. The van der Waals surface area contributed by atoms with Crippen molar-refractivity contribution in [1.82, 2.24) is 14.6 Å². The largest absolute Gasteiger partial charge is 0.478 e. The highest BCUT2D eigenvalue weighted by atomic mass is 79.9. The highest BCUT2D eigenvalue weighted by Crippen LogP contribution is 2.17. The van der Waals surface area contributed by atoms with Gasteiger partial charge in [-0.15, -0.1) is 0 Å². The van der Waals surface area contributed by atoms with Crippen molar-refractivity contribution in [2.45, 2.75) is 0 Å². The number of carbonyl (C=O) groups is 1. The van der Waals surface area contributed by atoms with E-state index >= 15 is 0 Å². The highest BCUT2D eigenvalue weighted by molar-refractivity contribution is 9.10. The maximum absolute atomic E-state index is 10.6. The van der Waals surface area contributed by atoms with Crippen molar-refractivity contribution in [1.29, 1.82) is 0 Å². The zero-order valence-corrected chi connectivity index (χ0v) is 7.89. The summed E-state index contributed by atoms with van der Waals surface area (Å²) in [7, 11) is 0. The zero-order valence-electron chi connectivity index (χ0n) is 6.31. The molecule has 0 unspecified atom stereocenters. The number of pyridine rings is 1. The fourth-order valence-electron chi connectivity index (χ4n) is 1.00. The van der Waals surface area contributed by atoms with Crippen LogP contribution in [0.2, 0.25) is 0 Å². The maximum atomic E-state index is 10.6. The monoisotopic (exact) mass is 241 g/mol. The average Bonchev–Trinajstić information content (AvgIpc) is 2.51. The van der Waals surface area contributed by atoms with E-state index in [4.69, 9.17) is 5.11 Å². The third kappa shape index (κ3) is 1.29. The lowest BCUT2D eigenvalue weighted by molar-refractivity contribution is 0.0696. The van der Waals surface area contributed by atoms with Gasteiger partial charge in [-0.2, -0.15) is 5.10 Å². The van der Waals surface area contributed by atoms with Crippen LogP contribution in [0.4, 0.5) is 0 Å². The predicted molar refractivity (Wildman–Crippen MR) is 47.6 cm³/mol. The number of nitrogens with zero attached hydrogens (tertiary/aromatic N) is 3. The molecule has 2 aromatic rings. The summed E-state index contributed by atoms with van der Waals surface area (Å²) in [5.74, 6) is -0.988. The van der Waals surface area contributed by atoms with E-state index in [0.717, 1.165) is 0 Å². The molecular weight excluding hydrogens is 238 g/mol. The second kappa shape index (κ2) is 2.81. The van der Waals surface area contributed by atoms with Crippen LogP contribution in [0.3, 0.4) is 0 Å². The molecule has 2 rings (SSSR count). The molecule has 0 saturated heterocycles. The third-order valence-electron chi connectivity index (χ3n) is 1.58. The van der Waals surface area contributed by atoms with Crippen molar-refractivity contribution in [2.24, 2.45) is 0 Å². The Morgan fingerprint density at radius 2 is 2.38 bits per heavy atom. The van der Waals surface area contributed by atoms with E-state index < -0.39 is 5.97 Å². The molecule has 2 aromatic heterocycles. The molecule has 0 saturated carbocycles. The Bertz CT molecular complexity index is 480. The molecule has 0 radical (unpaired) electrons. The van der Waals surface area contributed by atoms with Gasteiger partial charge >= 0.3 is 5.97 Å². The fourth-order valence-corrected chi connectivity index (χ4v) is 1.53. The summed E-state index contributed by atoms with van der Waals surface area (Å²) in [6.07, 6.45) is 2.78. The van der Waals surface area contributed by atoms with Crippen molar-refractivity contribution >= 4 is 27.5 Å². The molecule has 0 spiro atoms. The topological polar surface area (TPSA) is 67.5 Å². The van der Waals surface area contributed by atoms with Gasteiger partial charge in [-0.05, 0) is 22.0 Å². The number of carboxylic acids is 1.